The van der Waals surface area contributed by atoms with Gasteiger partial charge in [-0.15, -0.1) is 11.3 Å². The summed E-state index contributed by atoms with van der Waals surface area (Å²) in [4.78, 5) is 26.7. The zero-order valence-corrected chi connectivity index (χ0v) is 22.4. The highest BCUT2D eigenvalue weighted by Gasteiger charge is 2.29. The summed E-state index contributed by atoms with van der Waals surface area (Å²) >= 11 is 7.79. The number of ether oxygens (including phenoxy) is 3. The second kappa shape index (κ2) is 9.70. The second-order valence-corrected chi connectivity index (χ2v) is 11.2. The lowest BCUT2D eigenvalue weighted by molar-refractivity contribution is 0.0126. The topological polar surface area (TPSA) is 82.9 Å². The number of aryl methyl sites for hydroxylation is 2. The fourth-order valence-electron chi connectivity index (χ4n) is 4.19. The molecule has 0 bridgehead atoms. The first-order valence-electron chi connectivity index (χ1n) is 11.5. The van der Waals surface area contributed by atoms with E-state index in [2.05, 4.69) is 5.10 Å². The SMILES string of the molecule is COC(=O)c1cc2nn(C)c(-c3cc(Cl)cc(C)c3OC3CCN(C(=O)OC(C)(C)C)CC3)c2s1. The smallest absolute Gasteiger partial charge is 0.410 e. The van der Waals surface area contributed by atoms with Crippen LogP contribution in [0.4, 0.5) is 4.79 Å². The summed E-state index contributed by atoms with van der Waals surface area (Å²) in [6.07, 6.45) is 1.01. The van der Waals surface area contributed by atoms with E-state index in [9.17, 15) is 9.59 Å². The van der Waals surface area contributed by atoms with Crippen LogP contribution in [0.3, 0.4) is 0 Å². The van der Waals surface area contributed by atoms with Crippen LogP contribution in [0.2, 0.25) is 5.02 Å². The van der Waals surface area contributed by atoms with Gasteiger partial charge in [-0.05, 0) is 51.5 Å². The summed E-state index contributed by atoms with van der Waals surface area (Å²) < 4.78 is 19.6. The van der Waals surface area contributed by atoms with E-state index in [4.69, 9.17) is 25.8 Å². The maximum atomic E-state index is 12.4. The molecule has 3 heterocycles. The van der Waals surface area contributed by atoms with Crippen molar-refractivity contribution in [3.05, 3.63) is 33.7 Å². The van der Waals surface area contributed by atoms with E-state index in [1.54, 1.807) is 15.6 Å². The van der Waals surface area contributed by atoms with Gasteiger partial charge in [0.15, 0.2) is 0 Å². The number of nitrogens with zero attached hydrogens (tertiary/aromatic N) is 3. The largest absolute Gasteiger partial charge is 0.489 e. The predicted octanol–water partition coefficient (Wildman–Crippen LogP) is 5.83. The molecule has 1 saturated heterocycles. The molecule has 0 spiro atoms. The minimum Gasteiger partial charge on any atom is -0.489 e. The third-order valence-corrected chi connectivity index (χ3v) is 7.10. The molecule has 1 amide bonds. The van der Waals surface area contributed by atoms with Gasteiger partial charge in [-0.25, -0.2) is 9.59 Å². The Hall–Kier alpha value is -2.78. The van der Waals surface area contributed by atoms with Crippen molar-refractivity contribution in [2.45, 2.75) is 52.2 Å². The van der Waals surface area contributed by atoms with Crippen molar-refractivity contribution in [2.75, 3.05) is 20.2 Å². The van der Waals surface area contributed by atoms with Crippen LogP contribution in [-0.2, 0) is 16.5 Å². The molecule has 2 aromatic heterocycles. The molecule has 8 nitrogen and oxygen atoms in total. The van der Waals surface area contributed by atoms with Crippen molar-refractivity contribution in [3.63, 3.8) is 0 Å². The Morgan fingerprint density at radius 2 is 1.86 bits per heavy atom. The number of thiophene rings is 1. The summed E-state index contributed by atoms with van der Waals surface area (Å²) in [6.45, 7) is 8.67. The van der Waals surface area contributed by atoms with Gasteiger partial charge >= 0.3 is 12.1 Å². The molecule has 0 aliphatic carbocycles. The molecule has 0 atom stereocenters. The van der Waals surface area contributed by atoms with E-state index in [-0.39, 0.29) is 12.2 Å². The van der Waals surface area contributed by atoms with Crippen molar-refractivity contribution in [1.29, 1.82) is 0 Å². The number of likely N-dealkylation sites (tertiary alicyclic amines) is 1. The van der Waals surface area contributed by atoms with Gasteiger partial charge in [0.25, 0.3) is 0 Å². The van der Waals surface area contributed by atoms with E-state index < -0.39 is 11.6 Å². The number of aromatic nitrogens is 2. The zero-order valence-electron chi connectivity index (χ0n) is 20.8. The number of carbonyl (C=O) groups is 2. The molecule has 188 valence electrons. The van der Waals surface area contributed by atoms with Crippen molar-refractivity contribution in [1.82, 2.24) is 14.7 Å². The number of piperidine rings is 1. The molecule has 10 heteroatoms. The minimum absolute atomic E-state index is 0.0648. The van der Waals surface area contributed by atoms with E-state index in [0.29, 0.717) is 41.3 Å². The molecule has 0 unspecified atom stereocenters. The number of halogens is 1. The van der Waals surface area contributed by atoms with Crippen LogP contribution in [-0.4, -0.2) is 58.6 Å². The molecular weight excluding hydrogens is 490 g/mol. The number of fused-ring (bicyclic) bond motifs is 1. The first-order chi connectivity index (χ1) is 16.5. The van der Waals surface area contributed by atoms with Gasteiger partial charge in [0.05, 0.1) is 17.5 Å². The standard InChI is InChI=1S/C25H30ClN3O5S/c1-14-11-15(26)12-17(20-22-18(27-28(20)5)13-19(35-22)23(30)32-6)21(14)33-16-7-9-29(10-8-16)24(31)34-25(2,3)4/h11-13,16H,7-10H2,1-6H3. The number of amides is 1. The molecule has 1 aliphatic heterocycles. The maximum absolute atomic E-state index is 12.4. The molecule has 0 saturated carbocycles. The van der Waals surface area contributed by atoms with Crippen LogP contribution in [0.15, 0.2) is 18.2 Å². The van der Waals surface area contributed by atoms with Gasteiger partial charge in [-0.3, -0.25) is 4.68 Å². The van der Waals surface area contributed by atoms with Gasteiger partial charge in [0.1, 0.15) is 27.8 Å². The predicted molar refractivity (Wildman–Crippen MR) is 137 cm³/mol. The van der Waals surface area contributed by atoms with E-state index in [1.165, 1.54) is 18.4 Å². The fourth-order valence-corrected chi connectivity index (χ4v) is 5.57. The molecule has 0 N–H and O–H groups in total. The third kappa shape index (κ3) is 5.41. The van der Waals surface area contributed by atoms with Crippen LogP contribution in [0.1, 0.15) is 48.8 Å². The Bertz CT molecular complexity index is 1270. The highest BCUT2D eigenvalue weighted by molar-refractivity contribution is 7.21. The lowest BCUT2D eigenvalue weighted by atomic mass is 10.0. The van der Waals surface area contributed by atoms with Crippen LogP contribution in [0.5, 0.6) is 5.75 Å². The second-order valence-electron chi connectivity index (χ2n) is 9.67. The Balaban J connectivity index is 1.61. The minimum atomic E-state index is -0.524. The van der Waals surface area contributed by atoms with Crippen LogP contribution in [0.25, 0.3) is 21.5 Å². The molecule has 0 radical (unpaired) electrons. The summed E-state index contributed by atoms with van der Waals surface area (Å²) in [7, 11) is 3.22. The lowest BCUT2D eigenvalue weighted by Gasteiger charge is -2.34. The summed E-state index contributed by atoms with van der Waals surface area (Å²) in [6, 6.07) is 5.48. The normalized spacial score (nSPS) is 14.9. The average Bonchev–Trinajstić information content (AvgIpc) is 3.31. The lowest BCUT2D eigenvalue weighted by Crippen LogP contribution is -2.44. The van der Waals surface area contributed by atoms with Gasteiger partial charge < -0.3 is 19.1 Å². The summed E-state index contributed by atoms with van der Waals surface area (Å²) in [5.74, 6) is 0.333. The third-order valence-electron chi connectivity index (χ3n) is 5.77. The highest BCUT2D eigenvalue weighted by atomic mass is 35.5. The van der Waals surface area contributed by atoms with Gasteiger partial charge in [0, 0.05) is 43.6 Å². The highest BCUT2D eigenvalue weighted by Crippen LogP contribution is 2.42. The Labute approximate surface area is 213 Å². The molecule has 1 aliphatic rings. The molecule has 35 heavy (non-hydrogen) atoms. The molecule has 1 fully saturated rings. The quantitative estimate of drug-likeness (QED) is 0.403. The fraction of sp³-hybridized carbons (Fsp3) is 0.480. The van der Waals surface area contributed by atoms with Crippen molar-refractivity contribution in [3.8, 4) is 17.0 Å². The van der Waals surface area contributed by atoms with Gasteiger partial charge in [-0.1, -0.05) is 11.6 Å². The number of carbonyl (C=O) groups excluding carboxylic acids is 2. The molecular formula is C25H30ClN3O5S. The number of hydrogen-bond donors (Lipinski definition) is 0. The summed E-state index contributed by atoms with van der Waals surface area (Å²) in [5, 5.41) is 5.18. The Morgan fingerprint density at radius 1 is 1.17 bits per heavy atom. The molecule has 3 aromatic rings. The maximum Gasteiger partial charge on any atom is 0.410 e. The monoisotopic (exact) mass is 519 g/mol. The Kier molecular flexibility index (Phi) is 7.02. The van der Waals surface area contributed by atoms with Crippen molar-refractivity contribution in [2.24, 2.45) is 7.05 Å². The van der Waals surface area contributed by atoms with Gasteiger partial charge in [0.2, 0.25) is 0 Å². The number of esters is 1. The van der Waals surface area contributed by atoms with E-state index in [0.717, 1.165) is 27.3 Å². The van der Waals surface area contributed by atoms with E-state index in [1.807, 2.05) is 46.9 Å². The average molecular weight is 520 g/mol. The number of benzene rings is 1. The Morgan fingerprint density at radius 3 is 2.49 bits per heavy atom. The van der Waals surface area contributed by atoms with Crippen LogP contribution in [0, 0.1) is 6.92 Å². The van der Waals surface area contributed by atoms with Crippen molar-refractivity contribution >= 4 is 45.2 Å². The number of rotatable bonds is 4. The zero-order chi connectivity index (χ0) is 25.5. The molecule has 4 rings (SSSR count). The first-order valence-corrected chi connectivity index (χ1v) is 12.7. The van der Waals surface area contributed by atoms with Crippen LogP contribution >= 0.6 is 22.9 Å². The number of hydrogen-bond acceptors (Lipinski definition) is 7. The number of methoxy groups -OCH3 is 1. The van der Waals surface area contributed by atoms with E-state index >= 15 is 0 Å². The van der Waals surface area contributed by atoms with Gasteiger partial charge in [-0.2, -0.15) is 5.10 Å². The van der Waals surface area contributed by atoms with Crippen LogP contribution < -0.4 is 4.74 Å². The van der Waals surface area contributed by atoms with Crippen molar-refractivity contribution < 1.29 is 23.8 Å². The first kappa shape index (κ1) is 25.3. The molecule has 1 aromatic carbocycles. The summed E-state index contributed by atoms with van der Waals surface area (Å²) in [5.41, 5.74) is 2.73.